The molecular formula is C22H25NO3S. The molecule has 1 aliphatic heterocycles. The van der Waals surface area contributed by atoms with Gasteiger partial charge >= 0.3 is 0 Å². The van der Waals surface area contributed by atoms with Crippen LogP contribution >= 0.6 is 0 Å². The Morgan fingerprint density at radius 2 is 1.59 bits per heavy atom. The van der Waals surface area contributed by atoms with Crippen LogP contribution in [0.15, 0.2) is 65.6 Å². The van der Waals surface area contributed by atoms with E-state index in [9.17, 15) is 13.2 Å². The van der Waals surface area contributed by atoms with Gasteiger partial charge in [-0.05, 0) is 37.5 Å². The minimum atomic E-state index is -3.88. The zero-order chi connectivity index (χ0) is 19.7. The first-order valence-electron chi connectivity index (χ1n) is 9.25. The number of aryl methyl sites for hydroxylation is 1. The maximum atomic E-state index is 13.1. The molecule has 27 heavy (non-hydrogen) atoms. The Kier molecular flexibility index (Phi) is 5.24. The molecule has 4 nitrogen and oxygen atoms in total. The van der Waals surface area contributed by atoms with E-state index in [-0.39, 0.29) is 10.8 Å². The Morgan fingerprint density at radius 3 is 2.15 bits per heavy atom. The standard InChI is InChI=1S/C22H25NO3S/c1-4-22(5-2)20(16-13-18-9-7-6-8-10-18)23(21(22)24)27(25,26)19-14-11-17(3)12-15-19/h6-16,20H,4-5H2,1-3H3/b16-13+/t20-/m0/s1. The molecule has 1 fully saturated rings. The molecule has 3 rings (SSSR count). The number of amides is 1. The van der Waals surface area contributed by atoms with E-state index in [1.807, 2.05) is 63.3 Å². The van der Waals surface area contributed by atoms with Crippen LogP contribution in [-0.2, 0) is 14.8 Å². The average molecular weight is 384 g/mol. The molecule has 0 aromatic heterocycles. The molecule has 0 radical (unpaired) electrons. The highest BCUT2D eigenvalue weighted by Gasteiger charge is 2.61. The number of carbonyl (C=O) groups excluding carboxylic acids is 1. The van der Waals surface area contributed by atoms with Crippen LogP contribution in [0.25, 0.3) is 6.08 Å². The number of sulfonamides is 1. The van der Waals surface area contributed by atoms with Crippen LogP contribution in [0.4, 0.5) is 0 Å². The van der Waals surface area contributed by atoms with E-state index in [0.29, 0.717) is 12.8 Å². The normalized spacial score (nSPS) is 19.3. The summed E-state index contributed by atoms with van der Waals surface area (Å²) in [5, 5.41) is 0. The summed E-state index contributed by atoms with van der Waals surface area (Å²) in [5.41, 5.74) is 1.29. The van der Waals surface area contributed by atoms with Crippen LogP contribution < -0.4 is 0 Å². The topological polar surface area (TPSA) is 54.5 Å². The highest BCUT2D eigenvalue weighted by atomic mass is 32.2. The van der Waals surface area contributed by atoms with E-state index in [4.69, 9.17) is 0 Å². The Hall–Kier alpha value is -2.40. The molecule has 0 bridgehead atoms. The highest BCUT2D eigenvalue weighted by molar-refractivity contribution is 7.89. The Morgan fingerprint density at radius 1 is 1.00 bits per heavy atom. The fraction of sp³-hybridized carbons (Fsp3) is 0.318. The molecule has 0 N–H and O–H groups in total. The summed E-state index contributed by atoms with van der Waals surface area (Å²) < 4.78 is 27.4. The summed E-state index contributed by atoms with van der Waals surface area (Å²) in [6.07, 6.45) is 4.96. The summed E-state index contributed by atoms with van der Waals surface area (Å²) >= 11 is 0. The molecule has 1 atom stereocenters. The van der Waals surface area contributed by atoms with Crippen LogP contribution in [0.5, 0.6) is 0 Å². The summed E-state index contributed by atoms with van der Waals surface area (Å²) in [4.78, 5) is 13.1. The summed E-state index contributed by atoms with van der Waals surface area (Å²) in [5.74, 6) is -0.309. The van der Waals surface area contributed by atoms with E-state index in [1.54, 1.807) is 24.3 Å². The van der Waals surface area contributed by atoms with Crippen molar-refractivity contribution >= 4 is 22.0 Å². The van der Waals surface area contributed by atoms with Crippen molar-refractivity contribution in [2.24, 2.45) is 5.41 Å². The van der Waals surface area contributed by atoms with Gasteiger partial charge in [0.25, 0.3) is 10.0 Å². The van der Waals surface area contributed by atoms with Crippen LogP contribution in [0.2, 0.25) is 0 Å². The molecule has 1 heterocycles. The SMILES string of the molecule is CCC1(CC)C(=O)N(S(=O)(=O)c2ccc(C)cc2)[C@H]1/C=C/c1ccccc1. The summed E-state index contributed by atoms with van der Waals surface area (Å²) in [6.45, 7) is 5.79. The number of rotatable bonds is 6. The van der Waals surface area contributed by atoms with Gasteiger partial charge in [0, 0.05) is 0 Å². The second-order valence-corrected chi connectivity index (χ2v) is 8.81. The van der Waals surface area contributed by atoms with Crippen LogP contribution in [0.3, 0.4) is 0 Å². The number of benzene rings is 2. The lowest BCUT2D eigenvalue weighted by Crippen LogP contribution is -2.69. The van der Waals surface area contributed by atoms with E-state index in [2.05, 4.69) is 0 Å². The first kappa shape index (κ1) is 19.4. The number of hydrogen-bond donors (Lipinski definition) is 0. The van der Waals surface area contributed by atoms with E-state index in [0.717, 1.165) is 15.4 Å². The van der Waals surface area contributed by atoms with Crippen LogP contribution in [0.1, 0.15) is 37.8 Å². The van der Waals surface area contributed by atoms with Crippen molar-refractivity contribution in [3.05, 3.63) is 71.8 Å². The number of carbonyl (C=O) groups is 1. The minimum Gasteiger partial charge on any atom is -0.273 e. The van der Waals surface area contributed by atoms with Gasteiger partial charge in [-0.25, -0.2) is 12.7 Å². The van der Waals surface area contributed by atoms with Crippen molar-refractivity contribution in [1.29, 1.82) is 0 Å². The molecule has 142 valence electrons. The Labute approximate surface area is 161 Å². The number of nitrogens with zero attached hydrogens (tertiary/aromatic N) is 1. The van der Waals surface area contributed by atoms with Crippen molar-refractivity contribution in [3.8, 4) is 0 Å². The van der Waals surface area contributed by atoms with Gasteiger partial charge in [0.05, 0.1) is 16.4 Å². The van der Waals surface area contributed by atoms with Crippen molar-refractivity contribution in [2.75, 3.05) is 0 Å². The van der Waals surface area contributed by atoms with Gasteiger partial charge in [0.2, 0.25) is 5.91 Å². The highest BCUT2D eigenvalue weighted by Crippen LogP contribution is 2.48. The van der Waals surface area contributed by atoms with Gasteiger partial charge in [0.1, 0.15) is 0 Å². The molecule has 0 saturated carbocycles. The molecular weight excluding hydrogens is 358 g/mol. The van der Waals surface area contributed by atoms with Gasteiger partial charge in [-0.15, -0.1) is 0 Å². The second-order valence-electron chi connectivity index (χ2n) is 7.00. The molecule has 0 aliphatic carbocycles. The fourth-order valence-corrected chi connectivity index (χ4v) is 5.39. The predicted molar refractivity (Wildman–Crippen MR) is 107 cm³/mol. The Balaban J connectivity index is 2.01. The van der Waals surface area contributed by atoms with Gasteiger partial charge in [-0.1, -0.05) is 74.0 Å². The average Bonchev–Trinajstić information content (AvgIpc) is 2.67. The third-order valence-electron chi connectivity index (χ3n) is 5.56. The lowest BCUT2D eigenvalue weighted by Gasteiger charge is -2.53. The number of β-lactam (4-membered cyclic amide) rings is 1. The second kappa shape index (κ2) is 7.31. The summed E-state index contributed by atoms with van der Waals surface area (Å²) in [7, 11) is -3.88. The first-order valence-corrected chi connectivity index (χ1v) is 10.7. The molecule has 1 aliphatic rings. The smallest absolute Gasteiger partial charge is 0.267 e. The third kappa shape index (κ3) is 3.21. The van der Waals surface area contributed by atoms with E-state index < -0.39 is 21.5 Å². The third-order valence-corrected chi connectivity index (χ3v) is 7.33. The molecule has 2 aromatic carbocycles. The lowest BCUT2D eigenvalue weighted by atomic mass is 9.68. The predicted octanol–water partition coefficient (Wildman–Crippen LogP) is 4.41. The van der Waals surface area contributed by atoms with Crippen molar-refractivity contribution < 1.29 is 13.2 Å². The van der Waals surface area contributed by atoms with Crippen LogP contribution in [0, 0.1) is 12.3 Å². The van der Waals surface area contributed by atoms with Crippen molar-refractivity contribution in [2.45, 2.75) is 44.6 Å². The quantitative estimate of drug-likeness (QED) is 0.694. The molecule has 0 unspecified atom stereocenters. The maximum Gasteiger partial charge on any atom is 0.267 e. The molecule has 5 heteroatoms. The number of hydrogen-bond acceptors (Lipinski definition) is 3. The molecule has 2 aromatic rings. The summed E-state index contributed by atoms with van der Waals surface area (Å²) in [6, 6.07) is 15.8. The fourth-order valence-electron chi connectivity index (χ4n) is 3.71. The van der Waals surface area contributed by atoms with Gasteiger partial charge in [-0.3, -0.25) is 4.79 Å². The van der Waals surface area contributed by atoms with Gasteiger partial charge in [0.15, 0.2) is 0 Å². The van der Waals surface area contributed by atoms with Gasteiger partial charge in [-0.2, -0.15) is 0 Å². The minimum absolute atomic E-state index is 0.153. The maximum absolute atomic E-state index is 13.1. The molecule has 1 saturated heterocycles. The van der Waals surface area contributed by atoms with Crippen molar-refractivity contribution in [3.63, 3.8) is 0 Å². The van der Waals surface area contributed by atoms with Crippen LogP contribution in [-0.4, -0.2) is 24.7 Å². The largest absolute Gasteiger partial charge is 0.273 e. The zero-order valence-electron chi connectivity index (χ0n) is 15.9. The molecule has 1 amide bonds. The zero-order valence-corrected chi connectivity index (χ0v) is 16.7. The Bertz CT molecular complexity index is 943. The van der Waals surface area contributed by atoms with E-state index >= 15 is 0 Å². The van der Waals surface area contributed by atoms with Crippen molar-refractivity contribution in [1.82, 2.24) is 4.31 Å². The van der Waals surface area contributed by atoms with E-state index in [1.165, 1.54) is 0 Å². The first-order chi connectivity index (χ1) is 12.9. The molecule has 0 spiro atoms. The van der Waals surface area contributed by atoms with Gasteiger partial charge < -0.3 is 0 Å². The lowest BCUT2D eigenvalue weighted by molar-refractivity contribution is -0.157. The monoisotopic (exact) mass is 383 g/mol.